The number of nitrogens with one attached hydrogen (secondary N) is 1. The zero-order chi connectivity index (χ0) is 20.1. The summed E-state index contributed by atoms with van der Waals surface area (Å²) in [6.07, 6.45) is 4.76. The molecule has 28 heavy (non-hydrogen) atoms. The second-order valence-electron chi connectivity index (χ2n) is 7.33. The van der Waals surface area contributed by atoms with Crippen molar-refractivity contribution in [1.82, 2.24) is 4.98 Å². The van der Waals surface area contributed by atoms with Gasteiger partial charge in [0.25, 0.3) is 0 Å². The Balaban J connectivity index is 1.78. The van der Waals surface area contributed by atoms with E-state index < -0.39 is 21.5 Å². The van der Waals surface area contributed by atoms with Crippen LogP contribution >= 0.6 is 0 Å². The van der Waals surface area contributed by atoms with E-state index in [0.29, 0.717) is 11.3 Å². The average Bonchev–Trinajstić information content (AvgIpc) is 2.63. The summed E-state index contributed by atoms with van der Waals surface area (Å²) in [5.74, 6) is -0.354. The highest BCUT2D eigenvalue weighted by Gasteiger charge is 2.50. The van der Waals surface area contributed by atoms with Gasteiger partial charge in [-0.3, -0.25) is 0 Å². The van der Waals surface area contributed by atoms with Gasteiger partial charge in [0.2, 0.25) is 5.88 Å². The lowest BCUT2D eigenvalue weighted by atomic mass is 9.67. The van der Waals surface area contributed by atoms with Crippen LogP contribution in [0.3, 0.4) is 0 Å². The van der Waals surface area contributed by atoms with Crippen molar-refractivity contribution in [3.05, 3.63) is 47.2 Å². The minimum Gasteiger partial charge on any atom is -0.355 e. The van der Waals surface area contributed by atoms with Crippen LogP contribution in [-0.4, -0.2) is 18.9 Å². The third-order valence-corrected chi connectivity index (χ3v) is 6.38. The summed E-state index contributed by atoms with van der Waals surface area (Å²) >= 11 is 0. The molecule has 1 fully saturated rings. The number of rotatable bonds is 4. The standard InChI is InChI=1S/C19H19F3N2O3S/c1-11-3-2-4-14(9-11)24-15-10-23-18(27-28(25,26)19(20,21)22)17-13-7-5-12(6-8-13)16(15)17/h2-4,9-10,12-13,24H,5-8H2,1H3. The van der Waals surface area contributed by atoms with Crippen LogP contribution in [0.1, 0.15) is 54.2 Å². The number of nitrogens with zero attached hydrogens (tertiary/aromatic N) is 1. The Hall–Kier alpha value is -2.29. The summed E-state index contributed by atoms with van der Waals surface area (Å²) < 4.78 is 65.9. The molecule has 0 spiro atoms. The van der Waals surface area contributed by atoms with E-state index in [2.05, 4.69) is 14.5 Å². The first-order chi connectivity index (χ1) is 13.2. The van der Waals surface area contributed by atoms with Crippen LogP contribution in [0.2, 0.25) is 0 Å². The topological polar surface area (TPSA) is 68.3 Å². The van der Waals surface area contributed by atoms with E-state index >= 15 is 0 Å². The zero-order valence-corrected chi connectivity index (χ0v) is 15.9. The molecule has 5 rings (SSSR count). The van der Waals surface area contributed by atoms with Gasteiger partial charge in [-0.25, -0.2) is 4.98 Å². The zero-order valence-electron chi connectivity index (χ0n) is 15.1. The Morgan fingerprint density at radius 1 is 1.11 bits per heavy atom. The summed E-state index contributed by atoms with van der Waals surface area (Å²) in [6.45, 7) is 1.96. The fourth-order valence-corrected chi connectivity index (χ4v) is 4.66. The molecule has 0 aliphatic heterocycles. The van der Waals surface area contributed by atoms with Crippen LogP contribution in [0, 0.1) is 6.92 Å². The number of aromatic nitrogens is 1. The van der Waals surface area contributed by atoms with Gasteiger partial charge in [-0.2, -0.15) is 21.6 Å². The maximum Gasteiger partial charge on any atom is 0.534 e. The van der Waals surface area contributed by atoms with Crippen LogP contribution in [0.4, 0.5) is 24.5 Å². The molecule has 0 radical (unpaired) electrons. The highest BCUT2D eigenvalue weighted by molar-refractivity contribution is 7.87. The lowest BCUT2D eigenvalue weighted by Crippen LogP contribution is -2.30. The minimum atomic E-state index is -5.76. The summed E-state index contributed by atoms with van der Waals surface area (Å²) in [5, 5.41) is 3.29. The largest absolute Gasteiger partial charge is 0.534 e. The summed E-state index contributed by atoms with van der Waals surface area (Å²) in [7, 11) is -5.76. The van der Waals surface area contributed by atoms with Crippen molar-refractivity contribution in [2.24, 2.45) is 0 Å². The van der Waals surface area contributed by atoms with Crippen LogP contribution in [0.25, 0.3) is 0 Å². The first-order valence-electron chi connectivity index (χ1n) is 9.03. The number of pyridine rings is 1. The molecule has 0 unspecified atom stereocenters. The quantitative estimate of drug-likeness (QED) is 0.558. The van der Waals surface area contributed by atoms with Gasteiger partial charge in [0.1, 0.15) is 0 Å². The van der Waals surface area contributed by atoms with Crippen molar-refractivity contribution in [3.63, 3.8) is 0 Å². The highest BCUT2D eigenvalue weighted by atomic mass is 32.2. The first-order valence-corrected chi connectivity index (χ1v) is 10.4. The Morgan fingerprint density at radius 2 is 1.75 bits per heavy atom. The molecule has 1 saturated carbocycles. The maximum atomic E-state index is 12.8. The molecule has 9 heteroatoms. The van der Waals surface area contributed by atoms with Crippen molar-refractivity contribution in [2.45, 2.75) is 50.0 Å². The molecular formula is C19H19F3N2O3S. The van der Waals surface area contributed by atoms with Crippen molar-refractivity contribution in [3.8, 4) is 5.88 Å². The molecule has 3 aliphatic carbocycles. The summed E-state index contributed by atoms with van der Waals surface area (Å²) in [5.41, 5.74) is -1.59. The van der Waals surface area contributed by atoms with E-state index in [1.54, 1.807) is 0 Å². The van der Waals surface area contributed by atoms with Gasteiger partial charge in [0.15, 0.2) is 0 Å². The van der Waals surface area contributed by atoms with Gasteiger partial charge in [0, 0.05) is 11.3 Å². The Kier molecular flexibility index (Phi) is 4.52. The molecule has 0 amide bonds. The third-order valence-electron chi connectivity index (χ3n) is 5.43. The van der Waals surface area contributed by atoms with Gasteiger partial charge in [-0.1, -0.05) is 12.1 Å². The molecule has 0 atom stereocenters. The van der Waals surface area contributed by atoms with Gasteiger partial charge >= 0.3 is 15.6 Å². The highest BCUT2D eigenvalue weighted by Crippen LogP contribution is 2.54. The van der Waals surface area contributed by atoms with Gasteiger partial charge in [0.05, 0.1) is 11.9 Å². The molecule has 1 heterocycles. The minimum absolute atomic E-state index is 0.0507. The van der Waals surface area contributed by atoms with Crippen molar-refractivity contribution >= 4 is 21.5 Å². The monoisotopic (exact) mass is 412 g/mol. The van der Waals surface area contributed by atoms with Gasteiger partial charge in [-0.05, 0) is 67.7 Å². The molecule has 2 bridgehead atoms. The maximum absolute atomic E-state index is 12.8. The average molecular weight is 412 g/mol. The molecule has 2 aromatic rings. The predicted octanol–water partition coefficient (Wildman–Crippen LogP) is 5.12. The molecule has 3 aliphatic rings. The van der Waals surface area contributed by atoms with Crippen LogP contribution < -0.4 is 9.50 Å². The smallest absolute Gasteiger partial charge is 0.355 e. The van der Waals surface area contributed by atoms with E-state index in [1.165, 1.54) is 6.20 Å². The van der Waals surface area contributed by atoms with E-state index in [0.717, 1.165) is 42.5 Å². The number of hydrogen-bond donors (Lipinski definition) is 1. The Morgan fingerprint density at radius 3 is 2.36 bits per heavy atom. The lowest BCUT2D eigenvalue weighted by Gasteiger charge is -2.39. The van der Waals surface area contributed by atoms with Crippen molar-refractivity contribution in [2.75, 3.05) is 5.32 Å². The van der Waals surface area contributed by atoms with Crippen molar-refractivity contribution < 1.29 is 25.8 Å². The first kappa shape index (κ1) is 19.0. The predicted molar refractivity (Wildman–Crippen MR) is 98.3 cm³/mol. The fraction of sp³-hybridized carbons (Fsp3) is 0.421. The fourth-order valence-electron chi connectivity index (χ4n) is 4.22. The van der Waals surface area contributed by atoms with Gasteiger partial charge < -0.3 is 9.50 Å². The van der Waals surface area contributed by atoms with E-state index in [4.69, 9.17) is 0 Å². The number of alkyl halides is 3. The Bertz CT molecular complexity index is 1010. The summed E-state index contributed by atoms with van der Waals surface area (Å²) in [6, 6.07) is 7.70. The molecule has 1 aromatic heterocycles. The molecular weight excluding hydrogens is 393 g/mol. The molecule has 0 saturated heterocycles. The van der Waals surface area contributed by atoms with Crippen LogP contribution in [-0.2, 0) is 10.1 Å². The van der Waals surface area contributed by atoms with E-state index in [-0.39, 0.29) is 11.8 Å². The van der Waals surface area contributed by atoms with Crippen LogP contribution in [0.15, 0.2) is 30.5 Å². The third kappa shape index (κ3) is 3.32. The number of halogens is 3. The van der Waals surface area contributed by atoms with Gasteiger partial charge in [-0.15, -0.1) is 0 Å². The molecule has 5 nitrogen and oxygen atoms in total. The van der Waals surface area contributed by atoms with Crippen LogP contribution in [0.5, 0.6) is 5.88 Å². The number of fused-ring (bicyclic) bond motifs is 2. The SMILES string of the molecule is Cc1cccc(Nc2cnc(OS(=O)(=O)C(F)(F)F)c3c2C2CCC3CC2)c1. The number of anilines is 2. The number of aryl methyl sites for hydroxylation is 1. The van der Waals surface area contributed by atoms with E-state index in [9.17, 15) is 21.6 Å². The summed E-state index contributed by atoms with van der Waals surface area (Å²) in [4.78, 5) is 3.96. The Labute approximate surface area is 161 Å². The van der Waals surface area contributed by atoms with Crippen molar-refractivity contribution in [1.29, 1.82) is 0 Å². The normalized spacial score (nSPS) is 21.3. The molecule has 1 aromatic carbocycles. The molecule has 150 valence electrons. The number of benzene rings is 1. The second kappa shape index (κ2) is 6.65. The molecule has 1 N–H and O–H groups in total. The number of hydrogen-bond acceptors (Lipinski definition) is 5. The second-order valence-corrected chi connectivity index (χ2v) is 8.87. The lowest BCUT2D eigenvalue weighted by molar-refractivity contribution is -0.0501. The van der Waals surface area contributed by atoms with E-state index in [1.807, 2.05) is 31.2 Å².